The van der Waals surface area contributed by atoms with Crippen molar-refractivity contribution >= 4 is 33.8 Å². The van der Waals surface area contributed by atoms with Crippen LogP contribution in [0.5, 0.6) is 0 Å². The molecule has 21 heavy (non-hydrogen) atoms. The van der Waals surface area contributed by atoms with Crippen molar-refractivity contribution in [1.29, 1.82) is 0 Å². The molecule has 0 bridgehead atoms. The van der Waals surface area contributed by atoms with E-state index in [1.807, 2.05) is 23.6 Å². The van der Waals surface area contributed by atoms with Crippen molar-refractivity contribution in [2.45, 2.75) is 13.1 Å². The largest absolute Gasteiger partial charge is 0.467 e. The van der Waals surface area contributed by atoms with Gasteiger partial charge >= 0.3 is 6.03 Å². The number of thiophene rings is 1. The quantitative estimate of drug-likeness (QED) is 0.782. The zero-order valence-corrected chi connectivity index (χ0v) is 12.6. The van der Waals surface area contributed by atoms with Crippen LogP contribution in [0.25, 0.3) is 0 Å². The highest BCUT2D eigenvalue weighted by molar-refractivity contribution is 7.13. The number of nitrogens with zero attached hydrogens (tertiary/aromatic N) is 3. The summed E-state index contributed by atoms with van der Waals surface area (Å²) in [7, 11) is 0. The molecule has 0 saturated carbocycles. The van der Waals surface area contributed by atoms with Crippen LogP contribution in [0, 0.1) is 0 Å². The lowest BCUT2D eigenvalue weighted by Gasteiger charge is -2.20. The predicted molar refractivity (Wildman–Crippen MR) is 81.2 cm³/mol. The van der Waals surface area contributed by atoms with Gasteiger partial charge in [-0.25, -0.2) is 4.79 Å². The van der Waals surface area contributed by atoms with Crippen LogP contribution in [0.15, 0.2) is 45.8 Å². The molecule has 0 spiro atoms. The lowest BCUT2D eigenvalue weighted by Crippen LogP contribution is -2.33. The van der Waals surface area contributed by atoms with Crippen LogP contribution in [-0.2, 0) is 13.1 Å². The fourth-order valence-corrected chi connectivity index (χ4v) is 2.93. The second kappa shape index (κ2) is 6.51. The molecular formula is C13H12N4O2S2. The van der Waals surface area contributed by atoms with Gasteiger partial charge in [0.25, 0.3) is 0 Å². The van der Waals surface area contributed by atoms with E-state index >= 15 is 0 Å². The van der Waals surface area contributed by atoms with Crippen LogP contribution in [-0.4, -0.2) is 21.1 Å². The summed E-state index contributed by atoms with van der Waals surface area (Å²) in [6.45, 7) is 0.915. The molecule has 0 saturated heterocycles. The molecule has 0 unspecified atom stereocenters. The zero-order chi connectivity index (χ0) is 14.5. The summed E-state index contributed by atoms with van der Waals surface area (Å²) in [4.78, 5) is 15.2. The monoisotopic (exact) mass is 320 g/mol. The number of carbonyl (C=O) groups excluding carboxylic acids is 1. The first-order valence-corrected chi connectivity index (χ1v) is 7.94. The van der Waals surface area contributed by atoms with Gasteiger partial charge in [-0.15, -0.1) is 21.5 Å². The Labute approximate surface area is 129 Å². The maximum Gasteiger partial charge on any atom is 0.324 e. The number of rotatable bonds is 5. The van der Waals surface area contributed by atoms with Crippen LogP contribution in [0.3, 0.4) is 0 Å². The number of aromatic nitrogens is 2. The molecule has 0 aliphatic heterocycles. The van der Waals surface area contributed by atoms with Crippen molar-refractivity contribution in [3.63, 3.8) is 0 Å². The molecule has 1 N–H and O–H groups in total. The summed E-state index contributed by atoms with van der Waals surface area (Å²) < 4.78 is 5.32. The summed E-state index contributed by atoms with van der Waals surface area (Å²) in [5, 5.41) is 12.7. The van der Waals surface area contributed by atoms with Gasteiger partial charge in [-0.1, -0.05) is 17.4 Å². The van der Waals surface area contributed by atoms with E-state index in [1.165, 1.54) is 11.3 Å². The van der Waals surface area contributed by atoms with Crippen molar-refractivity contribution in [2.24, 2.45) is 0 Å². The number of furan rings is 1. The summed E-state index contributed by atoms with van der Waals surface area (Å²) in [5.74, 6) is 0.735. The van der Waals surface area contributed by atoms with E-state index < -0.39 is 0 Å². The Morgan fingerprint density at radius 2 is 2.24 bits per heavy atom. The van der Waals surface area contributed by atoms with Crippen LogP contribution in [0.2, 0.25) is 0 Å². The van der Waals surface area contributed by atoms with E-state index in [1.54, 1.807) is 34.1 Å². The van der Waals surface area contributed by atoms with E-state index in [-0.39, 0.29) is 6.03 Å². The van der Waals surface area contributed by atoms with Crippen LogP contribution < -0.4 is 5.32 Å². The minimum atomic E-state index is -0.225. The Bertz CT molecular complexity index is 629. The molecule has 3 heterocycles. The molecule has 0 radical (unpaired) electrons. The van der Waals surface area contributed by atoms with Crippen molar-refractivity contribution in [3.05, 3.63) is 52.1 Å². The molecule has 3 rings (SSSR count). The second-order valence-electron chi connectivity index (χ2n) is 4.19. The molecule has 0 aliphatic carbocycles. The van der Waals surface area contributed by atoms with Crippen molar-refractivity contribution < 1.29 is 9.21 Å². The number of nitrogens with one attached hydrogen (secondary N) is 1. The Morgan fingerprint density at radius 3 is 2.90 bits per heavy atom. The highest BCUT2D eigenvalue weighted by Gasteiger charge is 2.17. The fourth-order valence-electron chi connectivity index (χ4n) is 1.78. The number of hydrogen-bond acceptors (Lipinski definition) is 6. The first-order valence-electron chi connectivity index (χ1n) is 6.18. The molecule has 0 aromatic carbocycles. The zero-order valence-electron chi connectivity index (χ0n) is 10.9. The van der Waals surface area contributed by atoms with Crippen molar-refractivity contribution in [3.8, 4) is 0 Å². The fraction of sp³-hybridized carbons (Fsp3) is 0.154. The van der Waals surface area contributed by atoms with E-state index in [0.29, 0.717) is 18.2 Å². The molecule has 8 heteroatoms. The molecule has 0 atom stereocenters. The van der Waals surface area contributed by atoms with Gasteiger partial charge in [0.15, 0.2) is 0 Å². The van der Waals surface area contributed by atoms with Crippen molar-refractivity contribution in [2.75, 3.05) is 5.32 Å². The Balaban J connectivity index is 1.72. The summed E-state index contributed by atoms with van der Waals surface area (Å²) >= 11 is 2.89. The third-order valence-corrected chi connectivity index (χ3v) is 4.18. The molecule has 108 valence electrons. The molecule has 3 aromatic rings. The predicted octanol–water partition coefficient (Wildman–Crippen LogP) is 3.43. The normalized spacial score (nSPS) is 10.5. The first-order chi connectivity index (χ1) is 10.3. The van der Waals surface area contributed by atoms with Gasteiger partial charge in [0.2, 0.25) is 5.13 Å². The Morgan fingerprint density at radius 1 is 1.29 bits per heavy atom. The van der Waals surface area contributed by atoms with Gasteiger partial charge in [0, 0.05) is 4.88 Å². The Hall–Kier alpha value is -2.19. The summed E-state index contributed by atoms with van der Waals surface area (Å²) in [6, 6.07) is 7.39. The standard InChI is InChI=1S/C13H12N4O2S2/c18-13(15-12-16-14-9-21-12)17(7-10-3-1-5-19-10)8-11-4-2-6-20-11/h1-6,9H,7-8H2,(H,15,16,18). The number of carbonyl (C=O) groups is 1. The molecule has 0 fully saturated rings. The lowest BCUT2D eigenvalue weighted by atomic mass is 10.3. The van der Waals surface area contributed by atoms with E-state index in [2.05, 4.69) is 15.5 Å². The lowest BCUT2D eigenvalue weighted by molar-refractivity contribution is 0.202. The molecule has 0 aliphatic rings. The molecule has 3 aromatic heterocycles. The van der Waals surface area contributed by atoms with Crippen molar-refractivity contribution in [1.82, 2.24) is 15.1 Å². The van der Waals surface area contributed by atoms with Crippen LogP contribution in [0.4, 0.5) is 9.93 Å². The third-order valence-electron chi connectivity index (χ3n) is 2.71. The van der Waals surface area contributed by atoms with Gasteiger partial charge in [-0.2, -0.15) is 0 Å². The number of urea groups is 1. The van der Waals surface area contributed by atoms with Gasteiger partial charge in [-0.05, 0) is 23.6 Å². The number of anilines is 1. The number of amides is 2. The van der Waals surface area contributed by atoms with E-state index in [4.69, 9.17) is 4.42 Å². The van der Waals surface area contributed by atoms with Gasteiger partial charge in [0.1, 0.15) is 11.3 Å². The minimum absolute atomic E-state index is 0.225. The van der Waals surface area contributed by atoms with Crippen LogP contribution >= 0.6 is 22.7 Å². The summed E-state index contributed by atoms with van der Waals surface area (Å²) in [6.07, 6.45) is 1.60. The maximum absolute atomic E-state index is 12.4. The van der Waals surface area contributed by atoms with E-state index in [9.17, 15) is 4.79 Å². The van der Waals surface area contributed by atoms with Gasteiger partial charge in [-0.3, -0.25) is 5.32 Å². The highest BCUT2D eigenvalue weighted by atomic mass is 32.1. The molecular weight excluding hydrogens is 308 g/mol. The number of hydrogen-bond donors (Lipinski definition) is 1. The van der Waals surface area contributed by atoms with Gasteiger partial charge < -0.3 is 9.32 Å². The SMILES string of the molecule is O=C(Nc1nncs1)N(Cc1ccco1)Cc1cccs1. The van der Waals surface area contributed by atoms with E-state index in [0.717, 1.165) is 10.6 Å². The average Bonchev–Trinajstić information content (AvgIpc) is 3.21. The van der Waals surface area contributed by atoms with Crippen LogP contribution in [0.1, 0.15) is 10.6 Å². The third kappa shape index (κ3) is 3.67. The summed E-state index contributed by atoms with van der Waals surface area (Å²) in [5.41, 5.74) is 1.58. The minimum Gasteiger partial charge on any atom is -0.467 e. The maximum atomic E-state index is 12.4. The highest BCUT2D eigenvalue weighted by Crippen LogP contribution is 2.17. The van der Waals surface area contributed by atoms with Gasteiger partial charge in [0.05, 0.1) is 19.4 Å². The smallest absolute Gasteiger partial charge is 0.324 e. The molecule has 6 nitrogen and oxygen atoms in total. The average molecular weight is 320 g/mol. The second-order valence-corrected chi connectivity index (χ2v) is 6.05. The topological polar surface area (TPSA) is 71.3 Å². The molecule has 2 amide bonds. The first kappa shape index (κ1) is 13.8. The Kier molecular flexibility index (Phi) is 4.27.